The Kier molecular flexibility index (Phi) is 5.37. The highest BCUT2D eigenvalue weighted by atomic mass is 14.8. The van der Waals surface area contributed by atoms with Crippen LogP contribution in [0.25, 0.3) is 0 Å². The molecule has 84 valence electrons. The number of rotatable bonds is 6. The minimum atomic E-state index is 0.701. The average Bonchev–Trinajstić information content (AvgIpc) is 2.20. The summed E-state index contributed by atoms with van der Waals surface area (Å²) in [5, 5.41) is 3.46. The zero-order valence-corrected chi connectivity index (χ0v) is 9.79. The van der Waals surface area contributed by atoms with E-state index in [9.17, 15) is 0 Å². The Morgan fingerprint density at radius 2 is 1.87 bits per heavy atom. The molecule has 0 bridgehead atoms. The summed E-state index contributed by atoms with van der Waals surface area (Å²) in [6.07, 6.45) is 0.972. The molecule has 0 aliphatic heterocycles. The van der Waals surface area contributed by atoms with Gasteiger partial charge in [-0.15, -0.1) is 0 Å². The Balaban J connectivity index is 2.51. The van der Waals surface area contributed by atoms with Crippen molar-refractivity contribution in [3.05, 3.63) is 35.4 Å². The van der Waals surface area contributed by atoms with Crippen molar-refractivity contribution < 1.29 is 0 Å². The summed E-state index contributed by atoms with van der Waals surface area (Å²) in [6.45, 7) is 7.18. The van der Waals surface area contributed by atoms with Crippen LogP contribution in [0.2, 0.25) is 0 Å². The zero-order chi connectivity index (χ0) is 11.1. The molecule has 0 aliphatic carbocycles. The van der Waals surface area contributed by atoms with Gasteiger partial charge in [0.05, 0.1) is 0 Å². The molecule has 2 nitrogen and oxygen atoms in total. The van der Waals surface area contributed by atoms with Crippen molar-refractivity contribution in [3.8, 4) is 0 Å². The van der Waals surface area contributed by atoms with E-state index in [1.807, 2.05) is 0 Å². The van der Waals surface area contributed by atoms with E-state index in [0.29, 0.717) is 5.92 Å². The van der Waals surface area contributed by atoms with E-state index < -0.39 is 0 Å². The van der Waals surface area contributed by atoms with E-state index in [-0.39, 0.29) is 0 Å². The second-order valence-electron chi connectivity index (χ2n) is 4.33. The fourth-order valence-electron chi connectivity index (χ4n) is 1.62. The van der Waals surface area contributed by atoms with Crippen LogP contribution in [0.3, 0.4) is 0 Å². The van der Waals surface area contributed by atoms with Crippen LogP contribution in [0.4, 0.5) is 0 Å². The molecule has 3 N–H and O–H groups in total. The summed E-state index contributed by atoms with van der Waals surface area (Å²) < 4.78 is 0. The molecule has 0 heterocycles. The van der Waals surface area contributed by atoms with Gasteiger partial charge < -0.3 is 11.1 Å². The highest BCUT2D eigenvalue weighted by Gasteiger charge is 2.00. The summed E-state index contributed by atoms with van der Waals surface area (Å²) in [7, 11) is 0. The summed E-state index contributed by atoms with van der Waals surface area (Å²) in [5.74, 6) is 0.701. The lowest BCUT2D eigenvalue weighted by atomic mass is 10.0. The van der Waals surface area contributed by atoms with Crippen LogP contribution in [0.5, 0.6) is 0 Å². The Morgan fingerprint density at radius 1 is 1.20 bits per heavy atom. The molecule has 0 spiro atoms. The van der Waals surface area contributed by atoms with Crippen molar-refractivity contribution in [1.29, 1.82) is 0 Å². The predicted octanol–water partition coefficient (Wildman–Crippen LogP) is 1.93. The molecule has 0 saturated heterocycles. The summed E-state index contributed by atoms with van der Waals surface area (Å²) in [5.41, 5.74) is 8.34. The molecular weight excluding hydrogens is 184 g/mol. The maximum Gasteiger partial charge on any atom is 0.0208 e. The molecule has 0 unspecified atom stereocenters. The minimum absolute atomic E-state index is 0.701. The van der Waals surface area contributed by atoms with Gasteiger partial charge in [-0.05, 0) is 36.6 Å². The van der Waals surface area contributed by atoms with Crippen molar-refractivity contribution in [2.45, 2.75) is 26.8 Å². The van der Waals surface area contributed by atoms with Gasteiger partial charge in [-0.25, -0.2) is 0 Å². The van der Waals surface area contributed by atoms with E-state index in [1.165, 1.54) is 11.1 Å². The second kappa shape index (κ2) is 6.59. The zero-order valence-electron chi connectivity index (χ0n) is 9.79. The minimum Gasteiger partial charge on any atom is -0.330 e. The molecule has 1 rings (SSSR count). The van der Waals surface area contributed by atoms with Crippen molar-refractivity contribution in [2.75, 3.05) is 13.1 Å². The van der Waals surface area contributed by atoms with Crippen molar-refractivity contribution >= 4 is 0 Å². The van der Waals surface area contributed by atoms with Gasteiger partial charge in [0.25, 0.3) is 0 Å². The molecular formula is C13H22N2. The van der Waals surface area contributed by atoms with Crippen LogP contribution in [0.15, 0.2) is 24.3 Å². The number of nitrogens with two attached hydrogens (primary N) is 1. The largest absolute Gasteiger partial charge is 0.330 e. The highest BCUT2D eigenvalue weighted by Crippen LogP contribution is 2.08. The average molecular weight is 206 g/mol. The van der Waals surface area contributed by atoms with E-state index in [0.717, 1.165) is 26.1 Å². The van der Waals surface area contributed by atoms with Crippen molar-refractivity contribution in [3.63, 3.8) is 0 Å². The Morgan fingerprint density at radius 3 is 2.47 bits per heavy atom. The van der Waals surface area contributed by atoms with E-state index >= 15 is 0 Å². The van der Waals surface area contributed by atoms with Gasteiger partial charge in [0.2, 0.25) is 0 Å². The third-order valence-corrected chi connectivity index (χ3v) is 2.40. The first-order valence-electron chi connectivity index (χ1n) is 5.71. The molecule has 15 heavy (non-hydrogen) atoms. The second-order valence-corrected chi connectivity index (χ2v) is 4.33. The van der Waals surface area contributed by atoms with Gasteiger partial charge in [-0.1, -0.05) is 38.1 Å². The smallest absolute Gasteiger partial charge is 0.0208 e. The summed E-state index contributed by atoms with van der Waals surface area (Å²) in [4.78, 5) is 0. The quantitative estimate of drug-likeness (QED) is 0.746. The standard InChI is InChI=1S/C13H22N2/c1-11(2)9-15-10-13-6-4-3-5-12(13)7-8-14/h3-6,11,15H,7-10,14H2,1-2H3. The Labute approximate surface area is 92.9 Å². The van der Waals surface area contributed by atoms with Crippen LogP contribution in [-0.4, -0.2) is 13.1 Å². The van der Waals surface area contributed by atoms with Crippen molar-refractivity contribution in [1.82, 2.24) is 5.32 Å². The van der Waals surface area contributed by atoms with Gasteiger partial charge in [0.15, 0.2) is 0 Å². The number of benzene rings is 1. The van der Waals surface area contributed by atoms with Crippen LogP contribution in [-0.2, 0) is 13.0 Å². The Bertz CT molecular complexity index is 282. The molecule has 0 aliphatic rings. The molecule has 0 aromatic heterocycles. The molecule has 1 aromatic rings. The third-order valence-electron chi connectivity index (χ3n) is 2.40. The van der Waals surface area contributed by atoms with E-state index in [4.69, 9.17) is 5.73 Å². The number of hydrogen-bond acceptors (Lipinski definition) is 2. The lowest BCUT2D eigenvalue weighted by molar-refractivity contribution is 0.551. The molecule has 2 heteroatoms. The van der Waals surface area contributed by atoms with Gasteiger partial charge in [-0.2, -0.15) is 0 Å². The van der Waals surface area contributed by atoms with Gasteiger partial charge >= 0.3 is 0 Å². The summed E-state index contributed by atoms with van der Waals surface area (Å²) in [6, 6.07) is 8.51. The van der Waals surface area contributed by atoms with Crippen molar-refractivity contribution in [2.24, 2.45) is 11.7 Å². The third kappa shape index (κ3) is 4.45. The first kappa shape index (κ1) is 12.2. The fourth-order valence-corrected chi connectivity index (χ4v) is 1.62. The van der Waals surface area contributed by atoms with Gasteiger partial charge in [0.1, 0.15) is 0 Å². The van der Waals surface area contributed by atoms with Crippen LogP contribution in [0.1, 0.15) is 25.0 Å². The fraction of sp³-hybridized carbons (Fsp3) is 0.538. The molecule has 0 fully saturated rings. The normalized spacial score (nSPS) is 10.9. The first-order valence-corrected chi connectivity index (χ1v) is 5.71. The van der Waals surface area contributed by atoms with Gasteiger partial charge in [0, 0.05) is 6.54 Å². The van der Waals surface area contributed by atoms with E-state index in [2.05, 4.69) is 43.4 Å². The lowest BCUT2D eigenvalue weighted by Gasteiger charge is -2.11. The maximum atomic E-state index is 5.59. The lowest BCUT2D eigenvalue weighted by Crippen LogP contribution is -2.20. The van der Waals surface area contributed by atoms with Crippen LogP contribution < -0.4 is 11.1 Å². The van der Waals surface area contributed by atoms with Crippen LogP contribution in [0, 0.1) is 5.92 Å². The first-order chi connectivity index (χ1) is 7.24. The topological polar surface area (TPSA) is 38.0 Å². The molecule has 0 saturated carbocycles. The predicted molar refractivity (Wildman–Crippen MR) is 65.7 cm³/mol. The molecule has 1 aromatic carbocycles. The van der Waals surface area contributed by atoms with Gasteiger partial charge in [-0.3, -0.25) is 0 Å². The monoisotopic (exact) mass is 206 g/mol. The molecule has 0 atom stereocenters. The molecule has 0 radical (unpaired) electrons. The maximum absolute atomic E-state index is 5.59. The number of hydrogen-bond donors (Lipinski definition) is 2. The van der Waals surface area contributed by atoms with Crippen LogP contribution >= 0.6 is 0 Å². The van der Waals surface area contributed by atoms with E-state index in [1.54, 1.807) is 0 Å². The molecule has 0 amide bonds. The highest BCUT2D eigenvalue weighted by molar-refractivity contribution is 5.27. The SMILES string of the molecule is CC(C)CNCc1ccccc1CCN. The Hall–Kier alpha value is -0.860. The summed E-state index contributed by atoms with van der Waals surface area (Å²) >= 11 is 0. The number of nitrogens with one attached hydrogen (secondary N) is 1.